The van der Waals surface area contributed by atoms with Crippen LogP contribution in [0.5, 0.6) is 0 Å². The lowest BCUT2D eigenvalue weighted by atomic mass is 10.1. The Kier molecular flexibility index (Phi) is 5.26. The molecule has 0 bridgehead atoms. The van der Waals surface area contributed by atoms with E-state index in [2.05, 4.69) is 10.1 Å². The number of hydrogen-bond acceptors (Lipinski definition) is 6. The third kappa shape index (κ3) is 3.19. The number of sulfonamides is 1. The molecule has 1 fully saturated rings. The Morgan fingerprint density at radius 2 is 1.86 bits per heavy atom. The van der Waals surface area contributed by atoms with Gasteiger partial charge in [-0.25, -0.2) is 8.42 Å². The molecular formula is C14H25N3O4S. The van der Waals surface area contributed by atoms with Gasteiger partial charge in [-0.15, -0.1) is 0 Å². The molecule has 0 radical (unpaired) electrons. The number of nitrogens with zero attached hydrogens (tertiary/aromatic N) is 3. The highest BCUT2D eigenvalue weighted by Crippen LogP contribution is 2.27. The van der Waals surface area contributed by atoms with Gasteiger partial charge in [-0.1, -0.05) is 5.16 Å². The summed E-state index contributed by atoms with van der Waals surface area (Å²) in [5.41, 5.74) is 0.416. The van der Waals surface area contributed by atoms with Gasteiger partial charge in [0.2, 0.25) is 10.0 Å². The lowest BCUT2D eigenvalue weighted by Crippen LogP contribution is -2.58. The maximum atomic E-state index is 12.9. The van der Waals surface area contributed by atoms with Crippen molar-refractivity contribution in [2.45, 2.75) is 44.7 Å². The number of methoxy groups -OCH3 is 1. The molecule has 1 aliphatic rings. The van der Waals surface area contributed by atoms with Crippen molar-refractivity contribution in [2.24, 2.45) is 0 Å². The van der Waals surface area contributed by atoms with E-state index in [1.807, 2.05) is 13.8 Å². The summed E-state index contributed by atoms with van der Waals surface area (Å²) in [6.45, 7) is 9.74. The minimum atomic E-state index is -3.57. The summed E-state index contributed by atoms with van der Waals surface area (Å²) in [6.07, 6.45) is 0. The Balaban J connectivity index is 2.21. The average molecular weight is 331 g/mol. The van der Waals surface area contributed by atoms with E-state index >= 15 is 0 Å². The van der Waals surface area contributed by atoms with Crippen LogP contribution in [-0.4, -0.2) is 68.2 Å². The molecule has 0 saturated carbocycles. The number of ether oxygens (including phenoxy) is 1. The highest BCUT2D eigenvalue weighted by Gasteiger charge is 2.38. The molecule has 1 saturated heterocycles. The first-order valence-electron chi connectivity index (χ1n) is 7.46. The molecule has 2 rings (SSSR count). The molecule has 2 heterocycles. The third-order valence-electron chi connectivity index (χ3n) is 4.19. The fourth-order valence-corrected chi connectivity index (χ4v) is 5.01. The number of hydrogen-bond donors (Lipinski definition) is 0. The molecule has 0 aliphatic carbocycles. The van der Waals surface area contributed by atoms with Crippen LogP contribution < -0.4 is 0 Å². The maximum Gasteiger partial charge on any atom is 0.248 e. The standard InChI is InChI=1S/C14H25N3O4S/c1-10-8-16(9-11(2)17(10)6-7-20-5)22(18,19)14-12(3)15-21-13(14)4/h10-11H,6-9H2,1-5H3. The molecule has 1 aromatic heterocycles. The summed E-state index contributed by atoms with van der Waals surface area (Å²) >= 11 is 0. The zero-order valence-corrected chi connectivity index (χ0v) is 14.7. The van der Waals surface area contributed by atoms with Gasteiger partial charge in [-0.05, 0) is 27.7 Å². The Morgan fingerprint density at radius 1 is 1.27 bits per heavy atom. The Morgan fingerprint density at radius 3 is 2.32 bits per heavy atom. The van der Waals surface area contributed by atoms with E-state index in [0.29, 0.717) is 31.2 Å². The van der Waals surface area contributed by atoms with Crippen molar-refractivity contribution in [3.8, 4) is 0 Å². The fraction of sp³-hybridized carbons (Fsp3) is 0.786. The summed E-state index contributed by atoms with van der Waals surface area (Å²) in [6, 6.07) is 0.267. The molecule has 1 aromatic rings. The number of aromatic nitrogens is 1. The zero-order valence-electron chi connectivity index (χ0n) is 13.9. The van der Waals surface area contributed by atoms with E-state index in [1.165, 1.54) is 4.31 Å². The lowest BCUT2D eigenvalue weighted by Gasteiger charge is -2.43. The van der Waals surface area contributed by atoms with Crippen LogP contribution in [0.3, 0.4) is 0 Å². The molecule has 0 spiro atoms. The van der Waals surface area contributed by atoms with Gasteiger partial charge in [0.25, 0.3) is 0 Å². The van der Waals surface area contributed by atoms with Crippen molar-refractivity contribution in [3.63, 3.8) is 0 Å². The molecule has 0 aromatic carbocycles. The second kappa shape index (κ2) is 6.66. The van der Waals surface area contributed by atoms with Crippen LogP contribution in [0.15, 0.2) is 9.42 Å². The molecule has 8 heteroatoms. The minimum Gasteiger partial charge on any atom is -0.383 e. The molecule has 22 heavy (non-hydrogen) atoms. The molecule has 2 atom stereocenters. The molecular weight excluding hydrogens is 306 g/mol. The Bertz CT molecular complexity index is 582. The average Bonchev–Trinajstić information content (AvgIpc) is 2.77. The van der Waals surface area contributed by atoms with Crippen molar-refractivity contribution >= 4 is 10.0 Å². The van der Waals surface area contributed by atoms with Crippen molar-refractivity contribution in [3.05, 3.63) is 11.5 Å². The molecule has 7 nitrogen and oxygen atoms in total. The first-order chi connectivity index (χ1) is 10.3. The predicted octanol–water partition coefficient (Wildman–Crippen LogP) is 1.02. The second-order valence-corrected chi connectivity index (χ2v) is 7.78. The van der Waals surface area contributed by atoms with Crippen LogP contribution in [0.2, 0.25) is 0 Å². The first kappa shape index (κ1) is 17.4. The zero-order chi connectivity index (χ0) is 16.5. The number of piperazine rings is 1. The monoisotopic (exact) mass is 331 g/mol. The van der Waals surface area contributed by atoms with E-state index in [1.54, 1.807) is 21.0 Å². The number of aryl methyl sites for hydroxylation is 2. The lowest BCUT2D eigenvalue weighted by molar-refractivity contribution is 0.0495. The van der Waals surface area contributed by atoms with Gasteiger partial charge in [-0.3, -0.25) is 4.90 Å². The largest absolute Gasteiger partial charge is 0.383 e. The van der Waals surface area contributed by atoms with Crippen LogP contribution in [-0.2, 0) is 14.8 Å². The molecule has 1 aliphatic heterocycles. The van der Waals surface area contributed by atoms with E-state index < -0.39 is 10.0 Å². The Labute approximate surface area is 132 Å². The van der Waals surface area contributed by atoms with E-state index in [9.17, 15) is 8.42 Å². The smallest absolute Gasteiger partial charge is 0.248 e. The van der Waals surface area contributed by atoms with Crippen molar-refractivity contribution in [1.29, 1.82) is 0 Å². The van der Waals surface area contributed by atoms with Crippen molar-refractivity contribution in [1.82, 2.24) is 14.4 Å². The van der Waals surface area contributed by atoms with Gasteiger partial charge in [0, 0.05) is 38.8 Å². The summed E-state index contributed by atoms with van der Waals surface area (Å²) in [7, 11) is -1.90. The molecule has 2 unspecified atom stereocenters. The fourth-order valence-electron chi connectivity index (χ4n) is 3.11. The molecule has 0 amide bonds. The van der Waals surface area contributed by atoms with Crippen LogP contribution in [0.1, 0.15) is 25.3 Å². The van der Waals surface area contributed by atoms with E-state index in [0.717, 1.165) is 6.54 Å². The number of rotatable bonds is 5. The topological polar surface area (TPSA) is 75.9 Å². The van der Waals surface area contributed by atoms with Gasteiger partial charge in [0.15, 0.2) is 5.76 Å². The normalized spacial score (nSPS) is 24.8. The predicted molar refractivity (Wildman–Crippen MR) is 82.2 cm³/mol. The highest BCUT2D eigenvalue weighted by molar-refractivity contribution is 7.89. The van der Waals surface area contributed by atoms with Gasteiger partial charge in [0.1, 0.15) is 10.6 Å². The summed E-state index contributed by atoms with van der Waals surface area (Å²) < 4.78 is 37.5. The summed E-state index contributed by atoms with van der Waals surface area (Å²) in [5, 5.41) is 3.76. The quantitative estimate of drug-likeness (QED) is 0.802. The second-order valence-electron chi connectivity index (χ2n) is 5.90. The van der Waals surface area contributed by atoms with Gasteiger partial charge >= 0.3 is 0 Å². The van der Waals surface area contributed by atoms with Crippen LogP contribution in [0, 0.1) is 13.8 Å². The third-order valence-corrected chi connectivity index (χ3v) is 6.26. The minimum absolute atomic E-state index is 0.133. The van der Waals surface area contributed by atoms with E-state index in [-0.39, 0.29) is 17.0 Å². The Hall–Kier alpha value is -0.960. The summed E-state index contributed by atoms with van der Waals surface area (Å²) in [4.78, 5) is 2.49. The maximum absolute atomic E-state index is 12.9. The first-order valence-corrected chi connectivity index (χ1v) is 8.90. The molecule has 126 valence electrons. The van der Waals surface area contributed by atoms with Crippen LogP contribution in [0.25, 0.3) is 0 Å². The van der Waals surface area contributed by atoms with Gasteiger partial charge in [0.05, 0.1) is 6.61 Å². The molecule has 0 N–H and O–H groups in total. The van der Waals surface area contributed by atoms with Crippen molar-refractivity contribution in [2.75, 3.05) is 33.4 Å². The summed E-state index contributed by atoms with van der Waals surface area (Å²) in [5.74, 6) is 0.347. The van der Waals surface area contributed by atoms with Gasteiger partial charge in [-0.2, -0.15) is 4.31 Å². The SMILES string of the molecule is COCCN1C(C)CN(S(=O)(=O)c2c(C)noc2C)CC1C. The van der Waals surface area contributed by atoms with Crippen molar-refractivity contribution < 1.29 is 17.7 Å². The van der Waals surface area contributed by atoms with Crippen LogP contribution >= 0.6 is 0 Å². The van der Waals surface area contributed by atoms with E-state index in [4.69, 9.17) is 9.26 Å². The van der Waals surface area contributed by atoms with Gasteiger partial charge < -0.3 is 9.26 Å². The highest BCUT2D eigenvalue weighted by atomic mass is 32.2. The van der Waals surface area contributed by atoms with Crippen LogP contribution in [0.4, 0.5) is 0 Å².